The number of amides is 4. The molecule has 1 saturated heterocycles. The van der Waals surface area contributed by atoms with Crippen LogP contribution in [0.5, 0.6) is 0 Å². The number of rotatable bonds is 1. The van der Waals surface area contributed by atoms with Crippen LogP contribution < -0.4 is 5.32 Å². The molecule has 3 aliphatic rings. The van der Waals surface area contributed by atoms with E-state index in [1.54, 1.807) is 0 Å². The van der Waals surface area contributed by atoms with Crippen molar-refractivity contribution in [1.82, 2.24) is 10.2 Å². The van der Waals surface area contributed by atoms with E-state index in [0.29, 0.717) is 12.8 Å². The van der Waals surface area contributed by atoms with Gasteiger partial charge in [-0.15, -0.1) is 0 Å². The minimum absolute atomic E-state index is 0.309. The van der Waals surface area contributed by atoms with E-state index in [4.69, 9.17) is 0 Å². The molecule has 0 bridgehead atoms. The molecule has 2 aliphatic heterocycles. The van der Waals surface area contributed by atoms with Gasteiger partial charge in [0.05, 0.1) is 11.8 Å². The third-order valence-corrected chi connectivity index (χ3v) is 4.87. The molecule has 0 aromatic heterocycles. The van der Waals surface area contributed by atoms with Gasteiger partial charge in [-0.1, -0.05) is 0 Å². The SMILES string of the molecule is O=C1NC(=O)C2(CC2)C(=O)N1C1C=CS(=O)(=O)C1. The number of nitrogens with one attached hydrogen (secondary N) is 1. The van der Waals surface area contributed by atoms with E-state index < -0.39 is 39.1 Å². The Balaban J connectivity index is 1.93. The van der Waals surface area contributed by atoms with Crippen LogP contribution >= 0.6 is 0 Å². The largest absolute Gasteiger partial charge is 0.331 e. The van der Waals surface area contributed by atoms with Crippen molar-refractivity contribution < 1.29 is 22.8 Å². The van der Waals surface area contributed by atoms with Crippen molar-refractivity contribution in [3.63, 3.8) is 0 Å². The van der Waals surface area contributed by atoms with E-state index in [2.05, 4.69) is 5.32 Å². The normalized spacial score (nSPS) is 31.9. The van der Waals surface area contributed by atoms with Crippen LogP contribution in [0.25, 0.3) is 0 Å². The van der Waals surface area contributed by atoms with Crippen LogP contribution in [-0.2, 0) is 19.4 Å². The molecule has 0 radical (unpaired) electrons. The number of nitrogens with zero attached hydrogens (tertiary/aromatic N) is 1. The average Bonchev–Trinajstić information content (AvgIpc) is 2.98. The van der Waals surface area contributed by atoms with Gasteiger partial charge in [-0.25, -0.2) is 13.2 Å². The van der Waals surface area contributed by atoms with Gasteiger partial charge in [-0.05, 0) is 18.9 Å². The van der Waals surface area contributed by atoms with Gasteiger partial charge in [0.15, 0.2) is 9.84 Å². The van der Waals surface area contributed by atoms with Crippen LogP contribution in [0, 0.1) is 5.41 Å². The summed E-state index contributed by atoms with van der Waals surface area (Å²) in [5, 5.41) is 3.11. The number of sulfone groups is 1. The molecule has 2 heterocycles. The van der Waals surface area contributed by atoms with Crippen molar-refractivity contribution in [1.29, 1.82) is 0 Å². The van der Waals surface area contributed by atoms with Crippen LogP contribution in [0.15, 0.2) is 11.5 Å². The number of carbonyl (C=O) groups excluding carboxylic acids is 3. The molecular formula is C10H10N2O5S. The minimum atomic E-state index is -3.36. The maximum Gasteiger partial charge on any atom is 0.331 e. The fourth-order valence-electron chi connectivity index (χ4n) is 2.28. The monoisotopic (exact) mass is 270 g/mol. The molecule has 3 rings (SSSR count). The van der Waals surface area contributed by atoms with Crippen LogP contribution in [0.2, 0.25) is 0 Å². The highest BCUT2D eigenvalue weighted by molar-refractivity contribution is 7.94. The maximum absolute atomic E-state index is 12.1. The molecule has 96 valence electrons. The molecule has 1 saturated carbocycles. The molecule has 0 aromatic carbocycles. The summed E-state index contributed by atoms with van der Waals surface area (Å²) in [5.74, 6) is -1.46. The Hall–Kier alpha value is -1.70. The van der Waals surface area contributed by atoms with Gasteiger partial charge in [0.2, 0.25) is 11.8 Å². The second-order valence-electron chi connectivity index (χ2n) is 4.74. The van der Waals surface area contributed by atoms with Gasteiger partial charge in [0.1, 0.15) is 5.41 Å². The van der Waals surface area contributed by atoms with E-state index >= 15 is 0 Å². The Morgan fingerprint density at radius 3 is 2.44 bits per heavy atom. The first-order valence-electron chi connectivity index (χ1n) is 5.46. The number of barbiturate groups is 1. The molecule has 18 heavy (non-hydrogen) atoms. The maximum atomic E-state index is 12.1. The van der Waals surface area contributed by atoms with Crippen molar-refractivity contribution in [2.24, 2.45) is 5.41 Å². The van der Waals surface area contributed by atoms with E-state index in [9.17, 15) is 22.8 Å². The Bertz CT molecular complexity index is 602. The summed E-state index contributed by atoms with van der Waals surface area (Å²) in [6.07, 6.45) is 2.12. The third-order valence-electron chi connectivity index (χ3n) is 3.49. The molecule has 1 atom stereocenters. The minimum Gasteiger partial charge on any atom is -0.277 e. The van der Waals surface area contributed by atoms with Crippen LogP contribution in [0.3, 0.4) is 0 Å². The lowest BCUT2D eigenvalue weighted by atomic mass is 10.0. The van der Waals surface area contributed by atoms with E-state index in [-0.39, 0.29) is 5.75 Å². The highest BCUT2D eigenvalue weighted by atomic mass is 32.2. The molecule has 1 aliphatic carbocycles. The Labute approximate surface area is 103 Å². The second kappa shape index (κ2) is 3.19. The van der Waals surface area contributed by atoms with Gasteiger partial charge in [-0.3, -0.25) is 19.8 Å². The van der Waals surface area contributed by atoms with Crippen molar-refractivity contribution in [3.8, 4) is 0 Å². The fourth-order valence-corrected chi connectivity index (χ4v) is 3.55. The lowest BCUT2D eigenvalue weighted by Crippen LogP contribution is -2.62. The molecule has 1 spiro atoms. The molecule has 2 fully saturated rings. The van der Waals surface area contributed by atoms with Gasteiger partial charge >= 0.3 is 6.03 Å². The Kier molecular flexibility index (Phi) is 2.02. The van der Waals surface area contributed by atoms with Gasteiger partial charge in [0, 0.05) is 5.41 Å². The average molecular weight is 270 g/mol. The summed E-state index contributed by atoms with van der Waals surface area (Å²) in [5.41, 5.74) is -1.13. The zero-order valence-corrected chi connectivity index (χ0v) is 10.1. The van der Waals surface area contributed by atoms with Crippen LogP contribution in [0.4, 0.5) is 4.79 Å². The van der Waals surface area contributed by atoms with Crippen LogP contribution in [0.1, 0.15) is 12.8 Å². The fraction of sp³-hybridized carbons (Fsp3) is 0.500. The molecule has 4 amide bonds. The number of hydrogen-bond acceptors (Lipinski definition) is 5. The lowest BCUT2D eigenvalue weighted by molar-refractivity contribution is -0.145. The van der Waals surface area contributed by atoms with Crippen molar-refractivity contribution >= 4 is 27.7 Å². The molecule has 1 N–H and O–H groups in total. The molecule has 7 nitrogen and oxygen atoms in total. The first-order chi connectivity index (χ1) is 8.36. The van der Waals surface area contributed by atoms with Crippen molar-refractivity contribution in [2.45, 2.75) is 18.9 Å². The number of hydrogen-bond donors (Lipinski definition) is 1. The summed E-state index contributed by atoms with van der Waals surface area (Å²) in [6.45, 7) is 0. The van der Waals surface area contributed by atoms with E-state index in [1.807, 2.05) is 0 Å². The summed E-state index contributed by atoms with van der Waals surface area (Å²) in [7, 11) is -3.36. The van der Waals surface area contributed by atoms with Gasteiger partial charge < -0.3 is 0 Å². The number of imide groups is 2. The topological polar surface area (TPSA) is 101 Å². The Morgan fingerprint density at radius 2 is 1.94 bits per heavy atom. The predicted octanol–water partition coefficient (Wildman–Crippen LogP) is -0.844. The van der Waals surface area contributed by atoms with Gasteiger partial charge in [-0.2, -0.15) is 0 Å². The first-order valence-corrected chi connectivity index (χ1v) is 7.17. The summed E-state index contributed by atoms with van der Waals surface area (Å²) in [4.78, 5) is 36.2. The van der Waals surface area contributed by atoms with Crippen molar-refractivity contribution in [3.05, 3.63) is 11.5 Å². The zero-order valence-electron chi connectivity index (χ0n) is 9.25. The molecular weight excluding hydrogens is 260 g/mol. The quantitative estimate of drug-likeness (QED) is 0.626. The highest BCUT2D eigenvalue weighted by Crippen LogP contribution is 2.49. The molecule has 0 aromatic rings. The standard InChI is InChI=1S/C10H10N2O5S/c13-7-10(2-3-10)8(14)12(9(15)11-7)6-1-4-18(16,17)5-6/h1,4,6H,2-3,5H2,(H,11,13,15). The summed E-state index contributed by atoms with van der Waals surface area (Å²) < 4.78 is 22.6. The summed E-state index contributed by atoms with van der Waals surface area (Å²) in [6, 6.07) is -1.65. The second-order valence-corrected chi connectivity index (χ2v) is 6.67. The number of urea groups is 1. The van der Waals surface area contributed by atoms with Gasteiger partial charge in [0.25, 0.3) is 0 Å². The third kappa shape index (κ3) is 1.41. The lowest BCUT2D eigenvalue weighted by Gasteiger charge is -2.33. The van der Waals surface area contributed by atoms with Crippen molar-refractivity contribution in [2.75, 3.05) is 5.75 Å². The smallest absolute Gasteiger partial charge is 0.277 e. The summed E-state index contributed by atoms with van der Waals surface area (Å²) >= 11 is 0. The zero-order chi connectivity index (χ0) is 13.1. The predicted molar refractivity (Wildman–Crippen MR) is 58.8 cm³/mol. The first kappa shape index (κ1) is 11.4. The van der Waals surface area contributed by atoms with E-state index in [0.717, 1.165) is 10.3 Å². The van der Waals surface area contributed by atoms with E-state index in [1.165, 1.54) is 6.08 Å². The Morgan fingerprint density at radius 1 is 1.28 bits per heavy atom. The van der Waals surface area contributed by atoms with Crippen LogP contribution in [-0.4, -0.2) is 43.0 Å². The molecule has 8 heteroatoms. The number of carbonyl (C=O) groups is 3. The highest BCUT2D eigenvalue weighted by Gasteiger charge is 2.63. The molecule has 1 unspecified atom stereocenters.